The number of nitrogens with one attached hydrogen (secondary N) is 1. The second-order valence-electron chi connectivity index (χ2n) is 6.61. The van der Waals surface area contributed by atoms with E-state index in [0.717, 1.165) is 47.8 Å². The van der Waals surface area contributed by atoms with Gasteiger partial charge in [0.15, 0.2) is 0 Å². The molecule has 0 bridgehead atoms. The van der Waals surface area contributed by atoms with Crippen LogP contribution in [0.15, 0.2) is 53.1 Å². The molecule has 2 amide bonds. The Morgan fingerprint density at radius 3 is 2.77 bits per heavy atom. The lowest BCUT2D eigenvalue weighted by Crippen LogP contribution is -2.35. The minimum absolute atomic E-state index is 0.00729. The van der Waals surface area contributed by atoms with E-state index in [-0.39, 0.29) is 12.1 Å². The van der Waals surface area contributed by atoms with E-state index in [0.29, 0.717) is 0 Å². The highest BCUT2D eigenvalue weighted by atomic mass is 16.3. The SMILES string of the molecule is Cc1c(-c2ccccc2)nn(C)c1NC(=O)N1CCCC1c1ccco1. The molecule has 1 aliphatic rings. The molecule has 0 radical (unpaired) electrons. The molecule has 1 fully saturated rings. The normalized spacial score (nSPS) is 16.8. The van der Waals surface area contributed by atoms with Gasteiger partial charge in [0.1, 0.15) is 11.6 Å². The second kappa shape index (κ2) is 6.71. The van der Waals surface area contributed by atoms with Crippen molar-refractivity contribution in [1.82, 2.24) is 14.7 Å². The molecule has 1 N–H and O–H groups in total. The summed E-state index contributed by atoms with van der Waals surface area (Å²) >= 11 is 0. The molecule has 1 unspecified atom stereocenters. The molecule has 3 heterocycles. The van der Waals surface area contributed by atoms with E-state index in [1.54, 1.807) is 10.9 Å². The first kappa shape index (κ1) is 16.4. The molecule has 1 aliphatic heterocycles. The molecule has 1 atom stereocenters. The standard InChI is InChI=1S/C20H22N4O2/c1-14-18(15-8-4-3-5-9-15)22-23(2)19(14)21-20(25)24-12-6-10-16(24)17-11-7-13-26-17/h3-5,7-9,11,13,16H,6,10,12H2,1-2H3,(H,21,25). The molecule has 2 aromatic heterocycles. The third-order valence-corrected chi connectivity index (χ3v) is 4.94. The van der Waals surface area contributed by atoms with Crippen LogP contribution < -0.4 is 5.32 Å². The van der Waals surface area contributed by atoms with Gasteiger partial charge in [0, 0.05) is 24.7 Å². The number of carbonyl (C=O) groups is 1. The minimum atomic E-state index is -0.116. The van der Waals surface area contributed by atoms with E-state index in [9.17, 15) is 4.79 Å². The van der Waals surface area contributed by atoms with Gasteiger partial charge >= 0.3 is 6.03 Å². The first-order chi connectivity index (χ1) is 12.6. The quantitative estimate of drug-likeness (QED) is 0.763. The van der Waals surface area contributed by atoms with Crippen LogP contribution in [-0.2, 0) is 7.05 Å². The molecule has 6 nitrogen and oxygen atoms in total. The van der Waals surface area contributed by atoms with Crippen molar-refractivity contribution < 1.29 is 9.21 Å². The Bertz CT molecular complexity index is 900. The number of rotatable bonds is 3. The molecular weight excluding hydrogens is 328 g/mol. The maximum absolute atomic E-state index is 12.9. The third-order valence-electron chi connectivity index (χ3n) is 4.94. The van der Waals surface area contributed by atoms with Crippen LogP contribution in [0, 0.1) is 6.92 Å². The van der Waals surface area contributed by atoms with E-state index in [2.05, 4.69) is 10.4 Å². The van der Waals surface area contributed by atoms with Crippen molar-refractivity contribution in [2.75, 3.05) is 11.9 Å². The summed E-state index contributed by atoms with van der Waals surface area (Å²) in [6.45, 7) is 2.71. The van der Waals surface area contributed by atoms with Crippen LogP contribution in [0.2, 0.25) is 0 Å². The van der Waals surface area contributed by atoms with Gasteiger partial charge in [0.2, 0.25) is 0 Å². The highest BCUT2D eigenvalue weighted by molar-refractivity contribution is 5.90. The lowest BCUT2D eigenvalue weighted by Gasteiger charge is -2.23. The zero-order chi connectivity index (χ0) is 18.1. The van der Waals surface area contributed by atoms with Crippen LogP contribution in [0.4, 0.5) is 10.6 Å². The van der Waals surface area contributed by atoms with Crippen LogP contribution in [-0.4, -0.2) is 27.3 Å². The zero-order valence-electron chi connectivity index (χ0n) is 15.0. The number of carbonyl (C=O) groups excluding carboxylic acids is 1. The third kappa shape index (κ3) is 2.87. The van der Waals surface area contributed by atoms with Gasteiger partial charge in [-0.2, -0.15) is 5.10 Å². The van der Waals surface area contributed by atoms with Crippen molar-refractivity contribution >= 4 is 11.8 Å². The second-order valence-corrected chi connectivity index (χ2v) is 6.61. The summed E-state index contributed by atoms with van der Waals surface area (Å²) in [5.74, 6) is 1.56. The van der Waals surface area contributed by atoms with Crippen molar-refractivity contribution in [1.29, 1.82) is 0 Å². The van der Waals surface area contributed by atoms with Crippen LogP contribution >= 0.6 is 0 Å². The maximum Gasteiger partial charge on any atom is 0.323 e. The first-order valence-electron chi connectivity index (χ1n) is 8.85. The minimum Gasteiger partial charge on any atom is -0.467 e. The predicted molar refractivity (Wildman–Crippen MR) is 99.8 cm³/mol. The van der Waals surface area contributed by atoms with E-state index >= 15 is 0 Å². The Balaban J connectivity index is 1.58. The number of anilines is 1. The number of benzene rings is 1. The Kier molecular flexibility index (Phi) is 4.24. The summed E-state index contributed by atoms with van der Waals surface area (Å²) in [6, 6.07) is 13.7. The summed E-state index contributed by atoms with van der Waals surface area (Å²) in [5.41, 5.74) is 2.88. The first-order valence-corrected chi connectivity index (χ1v) is 8.85. The van der Waals surface area contributed by atoms with E-state index in [1.807, 2.05) is 61.3 Å². The molecule has 1 saturated heterocycles. The molecule has 4 rings (SSSR count). The van der Waals surface area contributed by atoms with Crippen molar-refractivity contribution in [2.24, 2.45) is 7.05 Å². The van der Waals surface area contributed by atoms with Gasteiger partial charge in [0.25, 0.3) is 0 Å². The number of hydrogen-bond donors (Lipinski definition) is 1. The van der Waals surface area contributed by atoms with Gasteiger partial charge in [-0.3, -0.25) is 10.00 Å². The summed E-state index contributed by atoms with van der Waals surface area (Å²) in [7, 11) is 1.85. The number of hydrogen-bond acceptors (Lipinski definition) is 3. The molecule has 0 saturated carbocycles. The molecule has 3 aromatic rings. The van der Waals surface area contributed by atoms with Gasteiger partial charge in [-0.1, -0.05) is 30.3 Å². The van der Waals surface area contributed by atoms with Crippen LogP contribution in [0.25, 0.3) is 11.3 Å². The van der Waals surface area contributed by atoms with Gasteiger partial charge in [-0.25, -0.2) is 4.79 Å². The molecular formula is C20H22N4O2. The van der Waals surface area contributed by atoms with Crippen molar-refractivity contribution in [3.8, 4) is 11.3 Å². The van der Waals surface area contributed by atoms with Gasteiger partial charge in [-0.15, -0.1) is 0 Å². The van der Waals surface area contributed by atoms with Gasteiger partial charge in [0.05, 0.1) is 18.0 Å². The maximum atomic E-state index is 12.9. The Morgan fingerprint density at radius 2 is 2.04 bits per heavy atom. The molecule has 0 spiro atoms. The smallest absolute Gasteiger partial charge is 0.323 e. The summed E-state index contributed by atoms with van der Waals surface area (Å²) in [5, 5.41) is 7.64. The molecule has 6 heteroatoms. The average Bonchev–Trinajstić information content (AvgIpc) is 3.38. The number of urea groups is 1. The fraction of sp³-hybridized carbons (Fsp3) is 0.300. The fourth-order valence-electron chi connectivity index (χ4n) is 3.63. The molecule has 0 aliphatic carbocycles. The summed E-state index contributed by atoms with van der Waals surface area (Å²) in [4.78, 5) is 14.7. The van der Waals surface area contributed by atoms with Crippen molar-refractivity contribution in [3.63, 3.8) is 0 Å². The lowest BCUT2D eigenvalue weighted by atomic mass is 10.1. The van der Waals surface area contributed by atoms with Crippen LogP contribution in [0.5, 0.6) is 0 Å². The van der Waals surface area contributed by atoms with E-state index in [4.69, 9.17) is 4.42 Å². The lowest BCUT2D eigenvalue weighted by molar-refractivity contribution is 0.199. The fourth-order valence-corrected chi connectivity index (χ4v) is 3.63. The monoisotopic (exact) mass is 350 g/mol. The Morgan fingerprint density at radius 1 is 1.23 bits per heavy atom. The Labute approximate surface area is 152 Å². The highest BCUT2D eigenvalue weighted by Gasteiger charge is 2.32. The van der Waals surface area contributed by atoms with E-state index in [1.165, 1.54) is 0 Å². The average molecular weight is 350 g/mol. The van der Waals surface area contributed by atoms with E-state index < -0.39 is 0 Å². The largest absolute Gasteiger partial charge is 0.467 e. The zero-order valence-corrected chi connectivity index (χ0v) is 15.0. The number of aromatic nitrogens is 2. The molecule has 26 heavy (non-hydrogen) atoms. The molecule has 134 valence electrons. The summed E-state index contributed by atoms with van der Waals surface area (Å²) in [6.07, 6.45) is 3.54. The topological polar surface area (TPSA) is 63.3 Å². The van der Waals surface area contributed by atoms with Crippen molar-refractivity contribution in [3.05, 3.63) is 60.1 Å². The number of likely N-dealkylation sites (tertiary alicyclic amines) is 1. The Hall–Kier alpha value is -3.02. The van der Waals surface area contributed by atoms with Gasteiger partial charge in [-0.05, 0) is 31.9 Å². The summed E-state index contributed by atoms with van der Waals surface area (Å²) < 4.78 is 7.25. The van der Waals surface area contributed by atoms with Gasteiger partial charge < -0.3 is 9.32 Å². The number of furan rings is 1. The number of nitrogens with zero attached hydrogens (tertiary/aromatic N) is 3. The van der Waals surface area contributed by atoms with Crippen molar-refractivity contribution in [2.45, 2.75) is 25.8 Å². The number of amides is 2. The van der Waals surface area contributed by atoms with Crippen LogP contribution in [0.3, 0.4) is 0 Å². The highest BCUT2D eigenvalue weighted by Crippen LogP contribution is 2.33. The number of aryl methyl sites for hydroxylation is 1. The predicted octanol–water partition coefficient (Wildman–Crippen LogP) is 4.36. The van der Waals surface area contributed by atoms with Crippen LogP contribution in [0.1, 0.15) is 30.2 Å². The molecule has 1 aromatic carbocycles.